The van der Waals surface area contributed by atoms with Gasteiger partial charge in [-0.25, -0.2) is 4.39 Å². The Morgan fingerprint density at radius 2 is 1.61 bits per heavy atom. The summed E-state index contributed by atoms with van der Waals surface area (Å²) in [5, 5.41) is 0. The monoisotopic (exact) mass is 380 g/mol. The minimum atomic E-state index is -0.357. The standard InChI is InChI=1S/C23H25FN2O2/c24-20-12-10-18(11-13-20)22(27)25-14-4-8-19(16-25)23(28)26-15-5-9-21(26)17-6-2-1-3-7-17/h1-3,6-7,10-13,19,21H,4-5,8-9,14-16H2. The molecule has 0 N–H and O–H groups in total. The number of carbonyl (C=O) groups excluding carboxylic acids is 2. The van der Waals surface area contributed by atoms with E-state index in [4.69, 9.17) is 0 Å². The van der Waals surface area contributed by atoms with Gasteiger partial charge in [0.1, 0.15) is 5.82 Å². The van der Waals surface area contributed by atoms with Crippen molar-refractivity contribution < 1.29 is 14.0 Å². The number of benzene rings is 2. The minimum absolute atomic E-state index is 0.126. The summed E-state index contributed by atoms with van der Waals surface area (Å²) in [4.78, 5) is 29.8. The van der Waals surface area contributed by atoms with Crippen molar-refractivity contribution in [3.05, 3.63) is 71.5 Å². The van der Waals surface area contributed by atoms with Gasteiger partial charge in [0.2, 0.25) is 5.91 Å². The summed E-state index contributed by atoms with van der Waals surface area (Å²) in [5.41, 5.74) is 1.65. The Morgan fingerprint density at radius 3 is 2.36 bits per heavy atom. The molecule has 2 fully saturated rings. The van der Waals surface area contributed by atoms with Crippen LogP contribution in [0.2, 0.25) is 0 Å². The van der Waals surface area contributed by atoms with Crippen molar-refractivity contribution >= 4 is 11.8 Å². The Kier molecular flexibility index (Phi) is 5.42. The van der Waals surface area contributed by atoms with E-state index >= 15 is 0 Å². The van der Waals surface area contributed by atoms with E-state index in [-0.39, 0.29) is 29.6 Å². The highest BCUT2D eigenvalue weighted by atomic mass is 19.1. The molecule has 146 valence electrons. The first-order valence-corrected chi connectivity index (χ1v) is 10.0. The second-order valence-corrected chi connectivity index (χ2v) is 7.70. The smallest absolute Gasteiger partial charge is 0.253 e. The predicted molar refractivity (Wildman–Crippen MR) is 105 cm³/mol. The highest BCUT2D eigenvalue weighted by molar-refractivity contribution is 5.94. The molecule has 0 radical (unpaired) electrons. The molecule has 2 aliphatic rings. The van der Waals surface area contributed by atoms with Crippen LogP contribution in [0, 0.1) is 11.7 Å². The van der Waals surface area contributed by atoms with Gasteiger partial charge in [-0.1, -0.05) is 30.3 Å². The Morgan fingerprint density at radius 1 is 0.893 bits per heavy atom. The van der Waals surface area contributed by atoms with E-state index in [0.29, 0.717) is 18.7 Å². The van der Waals surface area contributed by atoms with Crippen LogP contribution < -0.4 is 0 Å². The lowest BCUT2D eigenvalue weighted by molar-refractivity contribution is -0.138. The second-order valence-electron chi connectivity index (χ2n) is 7.70. The van der Waals surface area contributed by atoms with Crippen LogP contribution in [0.3, 0.4) is 0 Å². The summed E-state index contributed by atoms with van der Waals surface area (Å²) in [5.74, 6) is -0.492. The number of amides is 2. The van der Waals surface area contributed by atoms with Gasteiger partial charge in [-0.2, -0.15) is 0 Å². The molecule has 2 saturated heterocycles. The maximum absolute atomic E-state index is 13.3. The van der Waals surface area contributed by atoms with E-state index in [1.165, 1.54) is 29.8 Å². The van der Waals surface area contributed by atoms with Crippen molar-refractivity contribution in [2.45, 2.75) is 31.7 Å². The van der Waals surface area contributed by atoms with Crippen LogP contribution in [-0.4, -0.2) is 41.2 Å². The molecule has 28 heavy (non-hydrogen) atoms. The van der Waals surface area contributed by atoms with Gasteiger partial charge in [-0.15, -0.1) is 0 Å². The van der Waals surface area contributed by atoms with Crippen LogP contribution in [0.15, 0.2) is 54.6 Å². The van der Waals surface area contributed by atoms with Crippen LogP contribution in [0.25, 0.3) is 0 Å². The maximum Gasteiger partial charge on any atom is 0.253 e. The molecule has 4 nitrogen and oxygen atoms in total. The second kappa shape index (κ2) is 8.13. The van der Waals surface area contributed by atoms with Crippen molar-refractivity contribution in [2.75, 3.05) is 19.6 Å². The number of carbonyl (C=O) groups is 2. The normalized spacial score (nSPS) is 22.3. The van der Waals surface area contributed by atoms with Crippen LogP contribution in [0.5, 0.6) is 0 Å². The molecule has 5 heteroatoms. The predicted octanol–water partition coefficient (Wildman–Crippen LogP) is 4.04. The largest absolute Gasteiger partial charge is 0.338 e. The van der Waals surface area contributed by atoms with Gasteiger partial charge < -0.3 is 9.80 Å². The zero-order valence-electron chi connectivity index (χ0n) is 15.9. The number of likely N-dealkylation sites (tertiary alicyclic amines) is 2. The van der Waals surface area contributed by atoms with Crippen LogP contribution in [0.1, 0.15) is 47.6 Å². The van der Waals surface area contributed by atoms with E-state index in [9.17, 15) is 14.0 Å². The highest BCUT2D eigenvalue weighted by Gasteiger charge is 2.36. The molecule has 2 aromatic carbocycles. The van der Waals surface area contributed by atoms with Gasteiger partial charge in [0.05, 0.1) is 12.0 Å². The zero-order chi connectivity index (χ0) is 19.5. The van der Waals surface area contributed by atoms with Crippen molar-refractivity contribution in [3.63, 3.8) is 0 Å². The van der Waals surface area contributed by atoms with Crippen LogP contribution in [-0.2, 0) is 4.79 Å². The van der Waals surface area contributed by atoms with E-state index in [1.807, 2.05) is 23.1 Å². The first kappa shape index (κ1) is 18.7. The van der Waals surface area contributed by atoms with Gasteiger partial charge >= 0.3 is 0 Å². The summed E-state index contributed by atoms with van der Waals surface area (Å²) in [6.07, 6.45) is 3.62. The number of hydrogen-bond acceptors (Lipinski definition) is 2. The van der Waals surface area contributed by atoms with E-state index in [2.05, 4.69) is 12.1 Å². The molecule has 0 aromatic heterocycles. The molecule has 2 aliphatic heterocycles. The molecule has 0 aliphatic carbocycles. The Hall–Kier alpha value is -2.69. The Balaban J connectivity index is 1.46. The third-order valence-electron chi connectivity index (χ3n) is 5.87. The van der Waals surface area contributed by atoms with E-state index < -0.39 is 0 Å². The summed E-state index contributed by atoms with van der Waals surface area (Å²) in [7, 11) is 0. The fourth-order valence-electron chi connectivity index (χ4n) is 4.42. The van der Waals surface area contributed by atoms with Crippen molar-refractivity contribution in [2.24, 2.45) is 5.92 Å². The number of hydrogen-bond donors (Lipinski definition) is 0. The topological polar surface area (TPSA) is 40.6 Å². The first-order chi connectivity index (χ1) is 13.6. The average molecular weight is 380 g/mol. The maximum atomic E-state index is 13.3. The van der Waals surface area contributed by atoms with E-state index in [0.717, 1.165) is 32.2 Å². The first-order valence-electron chi connectivity index (χ1n) is 10.0. The van der Waals surface area contributed by atoms with E-state index in [1.54, 1.807) is 4.90 Å². The highest BCUT2D eigenvalue weighted by Crippen LogP contribution is 2.34. The van der Waals surface area contributed by atoms with Crippen molar-refractivity contribution in [1.29, 1.82) is 0 Å². The Bertz CT molecular complexity index is 837. The van der Waals surface area contributed by atoms with Crippen molar-refractivity contribution in [1.82, 2.24) is 9.80 Å². The molecule has 0 saturated carbocycles. The lowest BCUT2D eigenvalue weighted by Crippen LogP contribution is -2.46. The molecular weight excluding hydrogens is 355 g/mol. The molecule has 4 rings (SSSR count). The minimum Gasteiger partial charge on any atom is -0.338 e. The average Bonchev–Trinajstić information content (AvgIpc) is 3.24. The van der Waals surface area contributed by atoms with Crippen LogP contribution >= 0.6 is 0 Å². The van der Waals surface area contributed by atoms with Crippen LogP contribution in [0.4, 0.5) is 4.39 Å². The lowest BCUT2D eigenvalue weighted by Gasteiger charge is -2.35. The lowest BCUT2D eigenvalue weighted by atomic mass is 9.94. The SMILES string of the molecule is O=C(c1ccc(F)cc1)N1CCCC(C(=O)N2CCCC2c2ccccc2)C1. The van der Waals surface area contributed by atoms with Gasteiger partial charge in [0.15, 0.2) is 0 Å². The molecular formula is C23H25FN2O2. The van der Waals surface area contributed by atoms with Crippen molar-refractivity contribution in [3.8, 4) is 0 Å². The molecule has 2 aromatic rings. The summed E-state index contributed by atoms with van der Waals surface area (Å²) in [6.45, 7) is 1.86. The Labute approximate surface area is 164 Å². The van der Waals surface area contributed by atoms with Gasteiger partial charge in [0.25, 0.3) is 5.91 Å². The van der Waals surface area contributed by atoms with Gasteiger partial charge in [-0.05, 0) is 55.5 Å². The zero-order valence-corrected chi connectivity index (χ0v) is 15.9. The number of piperidine rings is 1. The quantitative estimate of drug-likeness (QED) is 0.806. The summed E-state index contributed by atoms with van der Waals surface area (Å²) >= 11 is 0. The molecule has 2 heterocycles. The number of halogens is 1. The fourth-order valence-corrected chi connectivity index (χ4v) is 4.42. The number of rotatable bonds is 3. The fraction of sp³-hybridized carbons (Fsp3) is 0.391. The number of nitrogens with zero attached hydrogens (tertiary/aromatic N) is 2. The molecule has 2 amide bonds. The van der Waals surface area contributed by atoms with Gasteiger partial charge in [0, 0.05) is 25.2 Å². The molecule has 2 unspecified atom stereocenters. The van der Waals surface area contributed by atoms with Gasteiger partial charge in [-0.3, -0.25) is 9.59 Å². The summed E-state index contributed by atoms with van der Waals surface area (Å²) < 4.78 is 13.1. The third kappa shape index (κ3) is 3.79. The third-order valence-corrected chi connectivity index (χ3v) is 5.87. The molecule has 2 atom stereocenters. The molecule has 0 spiro atoms. The summed E-state index contributed by atoms with van der Waals surface area (Å²) in [6, 6.07) is 15.9. The molecule has 0 bridgehead atoms.